The van der Waals surface area contributed by atoms with Crippen LogP contribution in [0.25, 0.3) is 0 Å². The minimum atomic E-state index is -4.62. The van der Waals surface area contributed by atoms with Crippen LogP contribution >= 0.6 is 0 Å². The first-order chi connectivity index (χ1) is 17.3. The number of nitrogens with zero attached hydrogens (tertiary/aromatic N) is 3. The molecule has 1 fully saturated rings. The van der Waals surface area contributed by atoms with E-state index in [0.717, 1.165) is 85.1 Å². The molecule has 36 heavy (non-hydrogen) atoms. The topological polar surface area (TPSA) is 64.1 Å². The number of hydrogen-bond acceptors (Lipinski definition) is 4. The average molecular weight is 514 g/mol. The largest absolute Gasteiger partial charge is 0.368 e. The standard InChI is InChI=1S/C27H29F2N3O3S/c28-22-4-1-20(2-5-22)11-15-30-16-13-24(14-17-30)31-18-12-21-3-8-26(19-27(21)31)32(36(33,34)35)25-9-6-23(29)7-10-25/h1-10,19,24H,11-18H2,(H,33,34,35). The van der Waals surface area contributed by atoms with E-state index in [2.05, 4.69) is 9.80 Å². The number of fused-ring (bicyclic) bond motifs is 1. The van der Waals surface area contributed by atoms with Crippen molar-refractivity contribution in [1.29, 1.82) is 0 Å². The fourth-order valence-electron chi connectivity index (χ4n) is 5.28. The summed E-state index contributed by atoms with van der Waals surface area (Å²) >= 11 is 0. The van der Waals surface area contributed by atoms with Gasteiger partial charge in [0.15, 0.2) is 0 Å². The first-order valence-corrected chi connectivity index (χ1v) is 13.6. The minimum Gasteiger partial charge on any atom is -0.368 e. The van der Waals surface area contributed by atoms with Crippen LogP contribution in [0, 0.1) is 11.6 Å². The van der Waals surface area contributed by atoms with E-state index in [-0.39, 0.29) is 11.5 Å². The summed E-state index contributed by atoms with van der Waals surface area (Å²) in [5.74, 6) is -0.704. The van der Waals surface area contributed by atoms with Crippen LogP contribution in [0.4, 0.5) is 25.8 Å². The second kappa shape index (κ2) is 10.2. The summed E-state index contributed by atoms with van der Waals surface area (Å²) < 4.78 is 61.9. The van der Waals surface area contributed by atoms with E-state index >= 15 is 0 Å². The van der Waals surface area contributed by atoms with Crippen molar-refractivity contribution in [3.05, 3.63) is 89.5 Å². The lowest BCUT2D eigenvalue weighted by Gasteiger charge is -2.38. The molecule has 0 saturated carbocycles. The number of rotatable bonds is 7. The second-order valence-electron chi connectivity index (χ2n) is 9.42. The Morgan fingerprint density at radius 3 is 2.11 bits per heavy atom. The maximum atomic E-state index is 13.4. The van der Waals surface area contributed by atoms with Crippen molar-refractivity contribution < 1.29 is 21.8 Å². The highest BCUT2D eigenvalue weighted by Gasteiger charge is 2.31. The van der Waals surface area contributed by atoms with Crippen LogP contribution in [-0.2, 0) is 23.1 Å². The van der Waals surface area contributed by atoms with Gasteiger partial charge in [0.05, 0.1) is 11.4 Å². The third-order valence-corrected chi connectivity index (χ3v) is 8.04. The molecular weight excluding hydrogens is 484 g/mol. The van der Waals surface area contributed by atoms with Crippen molar-refractivity contribution in [2.75, 3.05) is 35.4 Å². The van der Waals surface area contributed by atoms with E-state index in [9.17, 15) is 21.8 Å². The van der Waals surface area contributed by atoms with Crippen molar-refractivity contribution in [2.45, 2.75) is 31.7 Å². The van der Waals surface area contributed by atoms with E-state index in [1.54, 1.807) is 12.1 Å². The average Bonchev–Trinajstić information content (AvgIpc) is 3.28. The van der Waals surface area contributed by atoms with E-state index < -0.39 is 16.1 Å². The van der Waals surface area contributed by atoms with Gasteiger partial charge in [-0.2, -0.15) is 8.42 Å². The van der Waals surface area contributed by atoms with Crippen molar-refractivity contribution in [2.24, 2.45) is 0 Å². The van der Waals surface area contributed by atoms with Crippen molar-refractivity contribution in [1.82, 2.24) is 4.90 Å². The Bertz CT molecular complexity index is 1310. The van der Waals surface area contributed by atoms with Crippen molar-refractivity contribution in [3.63, 3.8) is 0 Å². The summed E-state index contributed by atoms with van der Waals surface area (Å²) in [7, 11) is -4.62. The molecule has 2 heterocycles. The molecule has 0 amide bonds. The molecule has 0 unspecified atom stereocenters. The molecule has 3 aromatic carbocycles. The van der Waals surface area contributed by atoms with Crippen LogP contribution in [0.1, 0.15) is 24.0 Å². The number of hydrogen-bond donors (Lipinski definition) is 1. The van der Waals surface area contributed by atoms with E-state index in [1.807, 2.05) is 18.2 Å². The van der Waals surface area contributed by atoms with Gasteiger partial charge in [0.2, 0.25) is 0 Å². The fraction of sp³-hybridized carbons (Fsp3) is 0.333. The summed E-state index contributed by atoms with van der Waals surface area (Å²) in [6.07, 6.45) is 3.75. The summed E-state index contributed by atoms with van der Waals surface area (Å²) in [6, 6.07) is 17.4. The van der Waals surface area contributed by atoms with Gasteiger partial charge in [0.25, 0.3) is 0 Å². The van der Waals surface area contributed by atoms with Gasteiger partial charge in [-0.3, -0.25) is 4.55 Å². The molecule has 1 saturated heterocycles. The van der Waals surface area contributed by atoms with E-state index in [1.165, 1.54) is 24.3 Å². The van der Waals surface area contributed by atoms with Crippen LogP contribution in [0.2, 0.25) is 0 Å². The predicted molar refractivity (Wildman–Crippen MR) is 137 cm³/mol. The van der Waals surface area contributed by atoms with E-state index in [0.29, 0.717) is 11.7 Å². The highest BCUT2D eigenvalue weighted by molar-refractivity contribution is 7.87. The third-order valence-electron chi connectivity index (χ3n) is 7.15. The van der Waals surface area contributed by atoms with Gasteiger partial charge in [-0.25, -0.2) is 13.1 Å². The van der Waals surface area contributed by atoms with Crippen LogP contribution in [0.15, 0.2) is 66.7 Å². The Balaban J connectivity index is 1.28. The Kier molecular flexibility index (Phi) is 6.96. The maximum absolute atomic E-state index is 13.4. The molecule has 2 aliphatic rings. The molecule has 0 radical (unpaired) electrons. The van der Waals surface area contributed by atoms with Crippen molar-refractivity contribution in [3.8, 4) is 0 Å². The van der Waals surface area contributed by atoms with Gasteiger partial charge in [0, 0.05) is 37.9 Å². The Morgan fingerprint density at radius 1 is 0.861 bits per heavy atom. The zero-order valence-corrected chi connectivity index (χ0v) is 20.7. The highest BCUT2D eigenvalue weighted by Crippen LogP contribution is 2.38. The molecule has 190 valence electrons. The third kappa shape index (κ3) is 5.38. The molecule has 6 nitrogen and oxygen atoms in total. The molecule has 0 aliphatic carbocycles. The van der Waals surface area contributed by atoms with Crippen LogP contribution in [-0.4, -0.2) is 50.1 Å². The van der Waals surface area contributed by atoms with Crippen molar-refractivity contribution >= 4 is 27.4 Å². The number of benzene rings is 3. The number of halogens is 2. The highest BCUT2D eigenvalue weighted by atomic mass is 32.2. The first kappa shape index (κ1) is 24.7. The van der Waals surface area contributed by atoms with Gasteiger partial charge in [0.1, 0.15) is 11.6 Å². The number of likely N-dealkylation sites (tertiary alicyclic amines) is 1. The van der Waals surface area contributed by atoms with E-state index in [4.69, 9.17) is 0 Å². The zero-order chi connectivity index (χ0) is 25.3. The molecule has 0 spiro atoms. The molecular formula is C27H29F2N3O3S. The van der Waals surface area contributed by atoms with Crippen LogP contribution < -0.4 is 9.21 Å². The smallest absolute Gasteiger partial charge is 0.364 e. The summed E-state index contributed by atoms with van der Waals surface area (Å²) in [5.41, 5.74) is 3.73. The zero-order valence-electron chi connectivity index (χ0n) is 19.9. The maximum Gasteiger partial charge on any atom is 0.364 e. The van der Waals surface area contributed by atoms with Crippen LogP contribution in [0.3, 0.4) is 0 Å². The fourth-order valence-corrected chi connectivity index (χ4v) is 6.05. The molecule has 9 heteroatoms. The van der Waals surface area contributed by atoms with Gasteiger partial charge in [-0.1, -0.05) is 18.2 Å². The van der Waals surface area contributed by atoms with Gasteiger partial charge >= 0.3 is 10.3 Å². The molecule has 3 aromatic rings. The number of piperidine rings is 1. The minimum absolute atomic E-state index is 0.165. The Morgan fingerprint density at radius 2 is 1.47 bits per heavy atom. The van der Waals surface area contributed by atoms with Gasteiger partial charge in [-0.15, -0.1) is 0 Å². The molecule has 0 aromatic heterocycles. The lowest BCUT2D eigenvalue weighted by molar-refractivity contribution is 0.212. The molecule has 0 atom stereocenters. The van der Waals surface area contributed by atoms with Gasteiger partial charge < -0.3 is 9.80 Å². The Hall–Kier alpha value is -3.01. The summed E-state index contributed by atoms with van der Waals surface area (Å²) in [6.45, 7) is 3.72. The monoisotopic (exact) mass is 513 g/mol. The lowest BCUT2D eigenvalue weighted by atomic mass is 10.0. The lowest BCUT2D eigenvalue weighted by Crippen LogP contribution is -2.45. The Labute approximate surface area is 210 Å². The normalized spacial score (nSPS) is 16.8. The quantitative estimate of drug-likeness (QED) is 0.452. The van der Waals surface area contributed by atoms with Crippen LogP contribution in [0.5, 0.6) is 0 Å². The molecule has 2 aliphatic heterocycles. The molecule has 0 bridgehead atoms. The first-order valence-electron chi connectivity index (χ1n) is 12.2. The SMILES string of the molecule is O=S(=O)(O)N(c1ccc(F)cc1)c1ccc2c(c1)N(C1CCN(CCc3ccc(F)cc3)CC1)CC2. The summed E-state index contributed by atoms with van der Waals surface area (Å²) in [4.78, 5) is 4.78. The summed E-state index contributed by atoms with van der Waals surface area (Å²) in [5, 5.41) is 0. The number of anilines is 3. The molecule has 1 N–H and O–H groups in total. The second-order valence-corrected chi connectivity index (χ2v) is 10.7. The van der Waals surface area contributed by atoms with Gasteiger partial charge in [-0.05, 0) is 85.3 Å². The predicted octanol–water partition coefficient (Wildman–Crippen LogP) is 4.98. The molecule has 5 rings (SSSR count).